The predicted molar refractivity (Wildman–Crippen MR) is 163 cm³/mol. The maximum Gasteiger partial charge on any atom is 0.251 e. The van der Waals surface area contributed by atoms with Crippen LogP contribution in [0.2, 0.25) is 0 Å². The fraction of sp³-hybridized carbons (Fsp3) is 0.467. The number of ether oxygens (including phenoxy) is 2. The van der Waals surface area contributed by atoms with Gasteiger partial charge in [-0.2, -0.15) is 15.0 Å². The minimum atomic E-state index is -0.107. The smallest absolute Gasteiger partial charge is 0.251 e. The Morgan fingerprint density at radius 2 is 1.32 bits per heavy atom. The van der Waals surface area contributed by atoms with Crippen molar-refractivity contribution in [1.82, 2.24) is 20.3 Å². The topological polar surface area (TPSA) is 148 Å². The van der Waals surface area contributed by atoms with Crippen LogP contribution >= 0.6 is 0 Å². The summed E-state index contributed by atoms with van der Waals surface area (Å²) in [6, 6.07) is 17.5. The van der Waals surface area contributed by atoms with Crippen LogP contribution in [0.1, 0.15) is 47.2 Å². The molecule has 1 amide bonds. The summed E-state index contributed by atoms with van der Waals surface area (Å²) in [5.74, 6) is 1.40. The lowest BCUT2D eigenvalue weighted by molar-refractivity contribution is 0.0519. The number of aromatic nitrogens is 3. The largest absolute Gasteiger partial charge is 0.377 e. The maximum absolute atomic E-state index is 12.0. The first-order chi connectivity index (χ1) is 20.1. The number of carbonyl (C=O) groups is 1. The Kier molecular flexibility index (Phi) is 14.9. The molecule has 3 aromatic rings. The third kappa shape index (κ3) is 13.4. The van der Waals surface area contributed by atoms with E-state index >= 15 is 0 Å². The highest BCUT2D eigenvalue weighted by Crippen LogP contribution is 2.12. The molecule has 41 heavy (non-hydrogen) atoms. The third-order valence-corrected chi connectivity index (χ3v) is 6.09. The number of rotatable bonds is 21. The zero-order chi connectivity index (χ0) is 29.0. The summed E-state index contributed by atoms with van der Waals surface area (Å²) >= 11 is 0. The molecule has 1 heterocycles. The Bertz CT molecular complexity index is 1130. The number of anilines is 3. The number of carbonyl (C=O) groups excluding carboxylic acids is 1. The molecule has 222 valence electrons. The number of nitrogens with zero attached hydrogens (tertiary/aromatic N) is 3. The van der Waals surface area contributed by atoms with Crippen molar-refractivity contribution in [2.75, 3.05) is 68.6 Å². The molecule has 1 aromatic heterocycles. The molecule has 0 aliphatic rings. The van der Waals surface area contributed by atoms with Gasteiger partial charge >= 0.3 is 0 Å². The lowest BCUT2D eigenvalue weighted by Gasteiger charge is -2.12. The second-order valence-corrected chi connectivity index (χ2v) is 9.55. The van der Waals surface area contributed by atoms with Crippen molar-refractivity contribution in [3.8, 4) is 0 Å². The monoisotopic (exact) mass is 564 g/mol. The van der Waals surface area contributed by atoms with Gasteiger partial charge in [-0.25, -0.2) is 0 Å². The Morgan fingerprint density at radius 3 is 2.00 bits per heavy atom. The van der Waals surface area contributed by atoms with E-state index in [1.165, 1.54) is 5.56 Å². The van der Waals surface area contributed by atoms with E-state index in [1.807, 2.05) is 18.2 Å². The first-order valence-corrected chi connectivity index (χ1v) is 14.4. The average Bonchev–Trinajstić information content (AvgIpc) is 3.00. The molecule has 0 fully saturated rings. The molecular weight excluding hydrogens is 520 g/mol. The summed E-state index contributed by atoms with van der Waals surface area (Å²) in [6.07, 6.45) is 4.31. The number of hydrogen-bond donors (Lipinski definition) is 5. The van der Waals surface area contributed by atoms with Crippen LogP contribution in [0.4, 0.5) is 17.8 Å². The van der Waals surface area contributed by atoms with Gasteiger partial charge in [0.25, 0.3) is 5.91 Å². The molecule has 2 aromatic carbocycles. The third-order valence-electron chi connectivity index (χ3n) is 6.09. The molecule has 0 unspecified atom stereocenters. The SMILES string of the molecule is Cc1ccc(CNc2nc(NCCCCCCN)nc(NCCOCCOCCNC(=O)c3ccccc3)n2)cc1. The highest BCUT2D eigenvalue weighted by Gasteiger charge is 2.07. The zero-order valence-corrected chi connectivity index (χ0v) is 24.0. The van der Waals surface area contributed by atoms with Crippen LogP contribution in [-0.2, 0) is 16.0 Å². The van der Waals surface area contributed by atoms with E-state index in [0.717, 1.165) is 44.3 Å². The van der Waals surface area contributed by atoms with Gasteiger partial charge in [0.2, 0.25) is 17.8 Å². The minimum Gasteiger partial charge on any atom is -0.377 e. The van der Waals surface area contributed by atoms with Gasteiger partial charge in [0.1, 0.15) is 0 Å². The summed E-state index contributed by atoms with van der Waals surface area (Å²) in [4.78, 5) is 25.6. The summed E-state index contributed by atoms with van der Waals surface area (Å²) < 4.78 is 11.2. The fourth-order valence-electron chi connectivity index (χ4n) is 3.81. The molecule has 0 aliphatic heterocycles. The molecule has 0 aliphatic carbocycles. The van der Waals surface area contributed by atoms with Gasteiger partial charge in [0, 0.05) is 31.7 Å². The number of nitrogens with two attached hydrogens (primary N) is 1. The van der Waals surface area contributed by atoms with Gasteiger partial charge in [0.15, 0.2) is 0 Å². The van der Waals surface area contributed by atoms with Crippen molar-refractivity contribution in [3.63, 3.8) is 0 Å². The molecule has 0 atom stereocenters. The molecule has 6 N–H and O–H groups in total. The molecule has 0 bridgehead atoms. The summed E-state index contributed by atoms with van der Waals surface area (Å²) in [5.41, 5.74) is 8.58. The quantitative estimate of drug-likeness (QED) is 0.122. The average molecular weight is 565 g/mol. The van der Waals surface area contributed by atoms with Crippen LogP contribution in [0, 0.1) is 6.92 Å². The standard InChI is InChI=1S/C30H44N8O3/c1-24-11-13-25(14-12-24)23-35-30-37-28(33-16-8-3-2-7-15-31)36-29(38-30)34-18-20-41-22-21-40-19-17-32-27(39)26-9-5-4-6-10-26/h4-6,9-14H,2-3,7-8,15-23,31H2,1H3,(H,32,39)(H3,33,34,35,36,37,38). The van der Waals surface area contributed by atoms with E-state index in [-0.39, 0.29) is 5.91 Å². The van der Waals surface area contributed by atoms with Crippen LogP contribution in [0.15, 0.2) is 54.6 Å². The van der Waals surface area contributed by atoms with E-state index in [9.17, 15) is 4.79 Å². The van der Waals surface area contributed by atoms with E-state index in [2.05, 4.69) is 67.4 Å². The molecular formula is C30H44N8O3. The normalized spacial score (nSPS) is 10.8. The van der Waals surface area contributed by atoms with E-state index in [1.54, 1.807) is 12.1 Å². The Balaban J connectivity index is 1.35. The number of nitrogens with one attached hydrogen (secondary N) is 4. The van der Waals surface area contributed by atoms with Gasteiger partial charge in [-0.05, 0) is 44.0 Å². The number of amides is 1. The molecule has 0 radical (unpaired) electrons. The van der Waals surface area contributed by atoms with E-state index in [0.29, 0.717) is 69.5 Å². The maximum atomic E-state index is 12.0. The van der Waals surface area contributed by atoms with Crippen LogP contribution in [-0.4, -0.2) is 73.5 Å². The van der Waals surface area contributed by atoms with Crippen molar-refractivity contribution < 1.29 is 14.3 Å². The summed E-state index contributed by atoms with van der Waals surface area (Å²) in [5, 5.41) is 12.7. The van der Waals surface area contributed by atoms with Crippen LogP contribution in [0.5, 0.6) is 0 Å². The van der Waals surface area contributed by atoms with E-state index in [4.69, 9.17) is 15.2 Å². The highest BCUT2D eigenvalue weighted by molar-refractivity contribution is 5.94. The molecule has 0 saturated heterocycles. The molecule has 11 nitrogen and oxygen atoms in total. The van der Waals surface area contributed by atoms with Crippen molar-refractivity contribution in [1.29, 1.82) is 0 Å². The lowest BCUT2D eigenvalue weighted by atomic mass is 10.1. The number of aryl methyl sites for hydroxylation is 1. The fourth-order valence-corrected chi connectivity index (χ4v) is 3.81. The van der Waals surface area contributed by atoms with Gasteiger partial charge in [0.05, 0.1) is 26.4 Å². The number of benzene rings is 2. The molecule has 0 spiro atoms. The van der Waals surface area contributed by atoms with Crippen molar-refractivity contribution in [3.05, 3.63) is 71.3 Å². The number of hydrogen-bond acceptors (Lipinski definition) is 10. The molecule has 0 saturated carbocycles. The molecule has 11 heteroatoms. The minimum absolute atomic E-state index is 0.107. The van der Waals surface area contributed by atoms with Gasteiger partial charge < -0.3 is 36.5 Å². The first kappa shape index (κ1) is 31.7. The summed E-state index contributed by atoms with van der Waals surface area (Å²) in [7, 11) is 0. The van der Waals surface area contributed by atoms with Gasteiger partial charge in [-0.3, -0.25) is 4.79 Å². The Labute approximate surface area is 243 Å². The van der Waals surface area contributed by atoms with E-state index < -0.39 is 0 Å². The second kappa shape index (κ2) is 19.3. The van der Waals surface area contributed by atoms with Crippen LogP contribution in [0.25, 0.3) is 0 Å². The van der Waals surface area contributed by atoms with Crippen molar-refractivity contribution in [2.45, 2.75) is 39.2 Å². The van der Waals surface area contributed by atoms with Gasteiger partial charge in [-0.15, -0.1) is 0 Å². The predicted octanol–water partition coefficient (Wildman–Crippen LogP) is 3.60. The van der Waals surface area contributed by atoms with Crippen LogP contribution < -0.4 is 27.0 Å². The second-order valence-electron chi connectivity index (χ2n) is 9.55. The first-order valence-electron chi connectivity index (χ1n) is 14.4. The lowest BCUT2D eigenvalue weighted by Crippen LogP contribution is -2.27. The molecule has 3 rings (SSSR count). The highest BCUT2D eigenvalue weighted by atomic mass is 16.5. The van der Waals surface area contributed by atoms with Crippen LogP contribution in [0.3, 0.4) is 0 Å². The van der Waals surface area contributed by atoms with Gasteiger partial charge in [-0.1, -0.05) is 60.9 Å². The number of unbranched alkanes of at least 4 members (excludes halogenated alkanes) is 3. The zero-order valence-electron chi connectivity index (χ0n) is 24.0. The van der Waals surface area contributed by atoms with Crippen molar-refractivity contribution in [2.24, 2.45) is 5.73 Å². The Morgan fingerprint density at radius 1 is 0.707 bits per heavy atom. The summed E-state index contributed by atoms with van der Waals surface area (Å²) in [6.45, 7) is 6.96. The van der Waals surface area contributed by atoms with Crippen molar-refractivity contribution >= 4 is 23.8 Å². The Hall–Kier alpha value is -3.80.